The lowest BCUT2D eigenvalue weighted by molar-refractivity contribution is -0.0274. The van der Waals surface area contributed by atoms with Gasteiger partial charge in [0.15, 0.2) is 0 Å². The standard InChI is InChI=1S/C16H25N3O/c1-6-16(2,20-5)14(17-3)11-15-18-12-9-7-8-10-13(12)19(15)4/h7-10,14,17H,6,11H2,1-5H3. The minimum Gasteiger partial charge on any atom is -0.377 e. The second-order valence-electron chi connectivity index (χ2n) is 5.49. The minimum atomic E-state index is -0.188. The summed E-state index contributed by atoms with van der Waals surface area (Å²) in [5, 5.41) is 3.39. The lowest BCUT2D eigenvalue weighted by Crippen LogP contribution is -2.50. The third-order valence-corrected chi connectivity index (χ3v) is 4.52. The van der Waals surface area contributed by atoms with Crippen LogP contribution in [0.3, 0.4) is 0 Å². The van der Waals surface area contributed by atoms with Crippen molar-refractivity contribution in [3.8, 4) is 0 Å². The minimum absolute atomic E-state index is 0.188. The number of hydrogen-bond acceptors (Lipinski definition) is 3. The Balaban J connectivity index is 2.32. The summed E-state index contributed by atoms with van der Waals surface area (Å²) in [6.07, 6.45) is 1.80. The Morgan fingerprint density at radius 3 is 2.65 bits per heavy atom. The number of fused-ring (bicyclic) bond motifs is 1. The van der Waals surface area contributed by atoms with Crippen LogP contribution >= 0.6 is 0 Å². The van der Waals surface area contributed by atoms with Gasteiger partial charge in [0.1, 0.15) is 5.82 Å². The predicted molar refractivity (Wildman–Crippen MR) is 83.0 cm³/mol. The molecule has 0 radical (unpaired) electrons. The quantitative estimate of drug-likeness (QED) is 0.880. The zero-order chi connectivity index (χ0) is 14.8. The van der Waals surface area contributed by atoms with E-state index in [0.717, 1.165) is 24.2 Å². The van der Waals surface area contributed by atoms with Crippen molar-refractivity contribution in [1.29, 1.82) is 0 Å². The molecule has 4 heteroatoms. The Kier molecular flexibility index (Phi) is 4.45. The lowest BCUT2D eigenvalue weighted by atomic mass is 9.90. The normalized spacial score (nSPS) is 16.2. The van der Waals surface area contributed by atoms with Gasteiger partial charge in [-0.25, -0.2) is 4.98 Å². The molecule has 0 aliphatic heterocycles. The van der Waals surface area contributed by atoms with Crippen LogP contribution in [0.15, 0.2) is 24.3 Å². The van der Waals surface area contributed by atoms with E-state index in [9.17, 15) is 0 Å². The maximum Gasteiger partial charge on any atom is 0.111 e. The van der Waals surface area contributed by atoms with Crippen molar-refractivity contribution in [1.82, 2.24) is 14.9 Å². The van der Waals surface area contributed by atoms with Crippen molar-refractivity contribution in [2.24, 2.45) is 7.05 Å². The summed E-state index contributed by atoms with van der Waals surface area (Å²) in [6.45, 7) is 4.31. The number of nitrogens with zero attached hydrogens (tertiary/aromatic N) is 2. The molecule has 4 nitrogen and oxygen atoms in total. The molecule has 0 fully saturated rings. The van der Waals surface area contributed by atoms with Crippen molar-refractivity contribution in [2.75, 3.05) is 14.2 Å². The highest BCUT2D eigenvalue weighted by Gasteiger charge is 2.32. The first-order valence-electron chi connectivity index (χ1n) is 7.18. The van der Waals surface area contributed by atoms with Crippen LogP contribution in [-0.4, -0.2) is 35.4 Å². The van der Waals surface area contributed by atoms with Gasteiger partial charge in [0, 0.05) is 26.6 Å². The van der Waals surface area contributed by atoms with Crippen LogP contribution in [0.5, 0.6) is 0 Å². The van der Waals surface area contributed by atoms with Gasteiger partial charge < -0.3 is 14.6 Å². The third-order valence-electron chi connectivity index (χ3n) is 4.52. The average Bonchev–Trinajstić information content (AvgIpc) is 2.81. The van der Waals surface area contributed by atoms with E-state index in [2.05, 4.69) is 49.0 Å². The lowest BCUT2D eigenvalue weighted by Gasteiger charge is -2.35. The summed E-state index contributed by atoms with van der Waals surface area (Å²) < 4.78 is 7.90. The maximum absolute atomic E-state index is 5.73. The van der Waals surface area contributed by atoms with Crippen molar-refractivity contribution in [3.05, 3.63) is 30.1 Å². The Hall–Kier alpha value is -1.39. The molecule has 0 aliphatic rings. The molecule has 0 aliphatic carbocycles. The van der Waals surface area contributed by atoms with Gasteiger partial charge in [-0.2, -0.15) is 0 Å². The van der Waals surface area contributed by atoms with E-state index in [1.165, 1.54) is 5.52 Å². The number of methoxy groups -OCH3 is 1. The smallest absolute Gasteiger partial charge is 0.111 e. The predicted octanol–water partition coefficient (Wildman–Crippen LogP) is 2.52. The van der Waals surface area contributed by atoms with Gasteiger partial charge in [-0.1, -0.05) is 19.1 Å². The van der Waals surface area contributed by atoms with Crippen molar-refractivity contribution in [2.45, 2.75) is 38.3 Å². The van der Waals surface area contributed by atoms with E-state index in [1.54, 1.807) is 7.11 Å². The zero-order valence-corrected chi connectivity index (χ0v) is 13.1. The van der Waals surface area contributed by atoms with E-state index in [1.807, 2.05) is 13.1 Å². The monoisotopic (exact) mass is 275 g/mol. The summed E-state index contributed by atoms with van der Waals surface area (Å²) in [5.74, 6) is 1.09. The topological polar surface area (TPSA) is 39.1 Å². The molecule has 1 heterocycles. The van der Waals surface area contributed by atoms with Gasteiger partial charge in [-0.3, -0.25) is 0 Å². The third kappa shape index (κ3) is 2.58. The van der Waals surface area contributed by atoms with E-state index in [-0.39, 0.29) is 11.6 Å². The molecule has 0 saturated carbocycles. The second kappa shape index (κ2) is 5.94. The average molecular weight is 275 g/mol. The van der Waals surface area contributed by atoms with Crippen LogP contribution in [0, 0.1) is 0 Å². The number of rotatable bonds is 6. The van der Waals surface area contributed by atoms with Crippen molar-refractivity contribution in [3.63, 3.8) is 0 Å². The first-order valence-corrected chi connectivity index (χ1v) is 7.18. The number of imidazole rings is 1. The molecule has 1 N–H and O–H groups in total. The van der Waals surface area contributed by atoms with E-state index >= 15 is 0 Å². The fourth-order valence-corrected chi connectivity index (χ4v) is 2.72. The van der Waals surface area contributed by atoms with Gasteiger partial charge in [-0.05, 0) is 32.5 Å². The molecule has 20 heavy (non-hydrogen) atoms. The zero-order valence-electron chi connectivity index (χ0n) is 13.1. The molecular formula is C16H25N3O. The maximum atomic E-state index is 5.73. The molecule has 2 aromatic rings. The SMILES string of the molecule is CCC(C)(OC)C(Cc1nc2ccccc2n1C)NC. The molecule has 0 saturated heterocycles. The van der Waals surface area contributed by atoms with Gasteiger partial charge in [0.05, 0.1) is 16.6 Å². The van der Waals surface area contributed by atoms with Gasteiger partial charge in [-0.15, -0.1) is 0 Å². The molecule has 0 bridgehead atoms. The van der Waals surface area contributed by atoms with E-state index < -0.39 is 0 Å². The summed E-state index contributed by atoms with van der Waals surface area (Å²) in [4.78, 5) is 4.75. The number of aryl methyl sites for hydroxylation is 1. The number of para-hydroxylation sites is 2. The molecular weight excluding hydrogens is 250 g/mol. The summed E-state index contributed by atoms with van der Waals surface area (Å²) in [5.41, 5.74) is 2.04. The van der Waals surface area contributed by atoms with Crippen LogP contribution in [0.2, 0.25) is 0 Å². The van der Waals surface area contributed by atoms with Crippen LogP contribution in [0.25, 0.3) is 11.0 Å². The highest BCUT2D eigenvalue weighted by molar-refractivity contribution is 5.75. The van der Waals surface area contributed by atoms with Gasteiger partial charge in [0.2, 0.25) is 0 Å². The van der Waals surface area contributed by atoms with E-state index in [0.29, 0.717) is 0 Å². The van der Waals surface area contributed by atoms with Gasteiger partial charge in [0.25, 0.3) is 0 Å². The molecule has 1 aromatic heterocycles. The second-order valence-corrected chi connectivity index (χ2v) is 5.49. The first-order chi connectivity index (χ1) is 9.55. The number of nitrogens with one attached hydrogen (secondary N) is 1. The van der Waals surface area contributed by atoms with Crippen molar-refractivity contribution < 1.29 is 4.74 Å². The highest BCUT2D eigenvalue weighted by atomic mass is 16.5. The highest BCUT2D eigenvalue weighted by Crippen LogP contribution is 2.23. The Bertz CT molecular complexity index is 572. The first kappa shape index (κ1) is 15.0. The molecule has 0 spiro atoms. The Labute approximate surface area is 121 Å². The van der Waals surface area contributed by atoms with E-state index in [4.69, 9.17) is 9.72 Å². The van der Waals surface area contributed by atoms with Crippen LogP contribution in [-0.2, 0) is 18.2 Å². The fraction of sp³-hybridized carbons (Fsp3) is 0.562. The molecule has 2 unspecified atom stereocenters. The summed E-state index contributed by atoms with van der Waals surface area (Å²) in [7, 11) is 5.84. The molecule has 0 amide bonds. The fourth-order valence-electron chi connectivity index (χ4n) is 2.72. The Morgan fingerprint density at radius 1 is 1.40 bits per heavy atom. The number of benzene rings is 1. The largest absolute Gasteiger partial charge is 0.377 e. The van der Waals surface area contributed by atoms with Gasteiger partial charge >= 0.3 is 0 Å². The molecule has 1 aromatic carbocycles. The number of likely N-dealkylation sites (N-methyl/N-ethyl adjacent to an activating group) is 1. The molecule has 110 valence electrons. The Morgan fingerprint density at radius 2 is 2.10 bits per heavy atom. The molecule has 2 rings (SSSR count). The number of aromatic nitrogens is 2. The van der Waals surface area contributed by atoms with Crippen LogP contribution < -0.4 is 5.32 Å². The number of ether oxygens (including phenoxy) is 1. The number of hydrogen-bond donors (Lipinski definition) is 1. The molecule has 2 atom stereocenters. The van der Waals surface area contributed by atoms with Crippen molar-refractivity contribution >= 4 is 11.0 Å². The van der Waals surface area contributed by atoms with Crippen LogP contribution in [0.1, 0.15) is 26.1 Å². The summed E-state index contributed by atoms with van der Waals surface area (Å²) >= 11 is 0. The van der Waals surface area contributed by atoms with Crippen LogP contribution in [0.4, 0.5) is 0 Å². The summed E-state index contributed by atoms with van der Waals surface area (Å²) in [6, 6.07) is 8.47.